The van der Waals surface area contributed by atoms with Crippen LogP contribution in [0.3, 0.4) is 0 Å². The zero-order chi connectivity index (χ0) is 26.2. The van der Waals surface area contributed by atoms with Gasteiger partial charge in [0.25, 0.3) is 5.91 Å². The van der Waals surface area contributed by atoms with Crippen LogP contribution >= 0.6 is 11.3 Å². The van der Waals surface area contributed by atoms with Gasteiger partial charge in [0.15, 0.2) is 6.10 Å². The fourth-order valence-corrected chi connectivity index (χ4v) is 4.59. The molecule has 1 unspecified atom stereocenters. The monoisotopic (exact) mass is 510 g/mol. The highest BCUT2D eigenvalue weighted by Crippen LogP contribution is 2.28. The molecule has 1 amide bonds. The molecular formula is C28H34N2O5S. The molecule has 1 aromatic heterocycles. The SMILES string of the molecule is CCCOc1ccc(CC(OC(C)C)C(=O)O)cc1CNC(=O)c1nc(-c2ccc(C)cc2)sc1C. The molecular weight excluding hydrogens is 476 g/mol. The summed E-state index contributed by atoms with van der Waals surface area (Å²) in [5.74, 6) is -0.610. The van der Waals surface area contributed by atoms with Crippen molar-refractivity contribution in [3.63, 3.8) is 0 Å². The summed E-state index contributed by atoms with van der Waals surface area (Å²) in [6, 6.07) is 13.6. The summed E-state index contributed by atoms with van der Waals surface area (Å²) < 4.78 is 11.4. The number of carboxylic acid groups (broad SMARTS) is 1. The highest BCUT2D eigenvalue weighted by atomic mass is 32.1. The normalized spacial score (nSPS) is 11.9. The van der Waals surface area contributed by atoms with E-state index >= 15 is 0 Å². The van der Waals surface area contributed by atoms with E-state index in [1.54, 1.807) is 0 Å². The van der Waals surface area contributed by atoms with Crippen molar-refractivity contribution in [1.29, 1.82) is 0 Å². The number of carboxylic acids is 1. The lowest BCUT2D eigenvalue weighted by Gasteiger charge is -2.18. The molecule has 1 atom stereocenters. The minimum Gasteiger partial charge on any atom is -0.493 e. The molecule has 0 aliphatic rings. The molecule has 0 aliphatic carbocycles. The molecule has 8 heteroatoms. The van der Waals surface area contributed by atoms with Gasteiger partial charge in [-0.2, -0.15) is 0 Å². The highest BCUT2D eigenvalue weighted by molar-refractivity contribution is 7.15. The van der Waals surface area contributed by atoms with Crippen LogP contribution < -0.4 is 10.1 Å². The van der Waals surface area contributed by atoms with Gasteiger partial charge in [-0.25, -0.2) is 9.78 Å². The Morgan fingerprint density at radius 3 is 2.47 bits per heavy atom. The van der Waals surface area contributed by atoms with Gasteiger partial charge in [-0.1, -0.05) is 48.9 Å². The first-order valence-corrected chi connectivity index (χ1v) is 12.9. The van der Waals surface area contributed by atoms with Crippen LogP contribution in [-0.2, 0) is 22.5 Å². The van der Waals surface area contributed by atoms with Crippen LogP contribution in [0.15, 0.2) is 42.5 Å². The number of ether oxygens (including phenoxy) is 2. The molecule has 192 valence electrons. The smallest absolute Gasteiger partial charge is 0.333 e. The summed E-state index contributed by atoms with van der Waals surface area (Å²) >= 11 is 1.49. The fraction of sp³-hybridized carbons (Fsp3) is 0.393. The molecule has 36 heavy (non-hydrogen) atoms. The Morgan fingerprint density at radius 2 is 1.83 bits per heavy atom. The number of hydrogen-bond acceptors (Lipinski definition) is 6. The van der Waals surface area contributed by atoms with E-state index < -0.39 is 12.1 Å². The predicted molar refractivity (Wildman–Crippen MR) is 142 cm³/mol. The number of aromatic nitrogens is 1. The third-order valence-electron chi connectivity index (χ3n) is 5.47. The summed E-state index contributed by atoms with van der Waals surface area (Å²) in [6.45, 7) is 10.3. The van der Waals surface area contributed by atoms with E-state index in [0.29, 0.717) is 18.1 Å². The van der Waals surface area contributed by atoms with Crippen molar-refractivity contribution in [2.45, 2.75) is 66.2 Å². The Morgan fingerprint density at radius 1 is 1.11 bits per heavy atom. The number of aliphatic carboxylic acids is 1. The number of thiazole rings is 1. The van der Waals surface area contributed by atoms with E-state index in [1.165, 1.54) is 16.9 Å². The second-order valence-electron chi connectivity index (χ2n) is 8.98. The number of carbonyl (C=O) groups is 2. The van der Waals surface area contributed by atoms with Crippen molar-refractivity contribution >= 4 is 23.2 Å². The van der Waals surface area contributed by atoms with Gasteiger partial charge in [0.2, 0.25) is 0 Å². The Hall–Kier alpha value is -3.23. The number of carbonyl (C=O) groups excluding carboxylic acids is 1. The average Bonchev–Trinajstić information content (AvgIpc) is 3.23. The molecule has 7 nitrogen and oxygen atoms in total. The summed E-state index contributed by atoms with van der Waals surface area (Å²) in [5, 5.41) is 13.3. The fourth-order valence-electron chi connectivity index (χ4n) is 3.67. The van der Waals surface area contributed by atoms with Crippen LogP contribution in [-0.4, -0.2) is 40.8 Å². The molecule has 1 heterocycles. The van der Waals surface area contributed by atoms with Crippen molar-refractivity contribution in [1.82, 2.24) is 10.3 Å². The summed E-state index contributed by atoms with van der Waals surface area (Å²) in [6.07, 6.45) is -0.0968. The molecule has 2 aromatic carbocycles. The number of amides is 1. The number of rotatable bonds is 12. The van der Waals surface area contributed by atoms with Crippen LogP contribution in [0, 0.1) is 13.8 Å². The van der Waals surface area contributed by atoms with Gasteiger partial charge in [-0.3, -0.25) is 4.79 Å². The van der Waals surface area contributed by atoms with Crippen LogP contribution in [0.2, 0.25) is 0 Å². The van der Waals surface area contributed by atoms with Gasteiger partial charge < -0.3 is 19.9 Å². The maximum absolute atomic E-state index is 13.0. The zero-order valence-corrected chi connectivity index (χ0v) is 22.3. The largest absolute Gasteiger partial charge is 0.493 e. The number of nitrogens with one attached hydrogen (secondary N) is 1. The Labute approximate surface area is 216 Å². The maximum atomic E-state index is 13.0. The molecule has 3 rings (SSSR count). The Balaban J connectivity index is 1.77. The van der Waals surface area contributed by atoms with Crippen molar-refractivity contribution in [3.05, 3.63) is 69.7 Å². The molecule has 0 radical (unpaired) electrons. The first-order chi connectivity index (χ1) is 17.2. The molecule has 0 spiro atoms. The van der Waals surface area contributed by atoms with Gasteiger partial charge in [0, 0.05) is 29.0 Å². The lowest BCUT2D eigenvalue weighted by atomic mass is 10.0. The third kappa shape index (κ3) is 7.38. The standard InChI is InChI=1S/C28H34N2O5S/c1-6-13-34-23-12-9-20(15-24(28(32)33)35-17(2)3)14-22(23)16-29-26(31)25-19(5)36-27(30-25)21-10-7-18(4)8-11-21/h7-12,14,17,24H,6,13,15-16H2,1-5H3,(H,29,31)(H,32,33). The highest BCUT2D eigenvalue weighted by Gasteiger charge is 2.21. The Kier molecular flexibility index (Phi) is 9.61. The van der Waals surface area contributed by atoms with Crippen molar-refractivity contribution < 1.29 is 24.2 Å². The van der Waals surface area contributed by atoms with Gasteiger partial charge in [-0.15, -0.1) is 11.3 Å². The van der Waals surface area contributed by atoms with E-state index in [2.05, 4.69) is 10.3 Å². The van der Waals surface area contributed by atoms with Crippen molar-refractivity contribution in [2.75, 3.05) is 6.61 Å². The first kappa shape index (κ1) is 27.4. The van der Waals surface area contributed by atoms with Crippen LogP contribution in [0.5, 0.6) is 5.75 Å². The molecule has 3 aromatic rings. The molecule has 2 N–H and O–H groups in total. The second-order valence-corrected chi connectivity index (χ2v) is 10.2. The minimum absolute atomic E-state index is 0.205. The van der Waals surface area contributed by atoms with Crippen LogP contribution in [0.1, 0.15) is 59.2 Å². The summed E-state index contributed by atoms with van der Waals surface area (Å²) in [7, 11) is 0. The van der Waals surface area contributed by atoms with Gasteiger partial charge in [0.05, 0.1) is 12.7 Å². The number of hydrogen-bond donors (Lipinski definition) is 2. The van der Waals surface area contributed by atoms with Gasteiger partial charge in [0.1, 0.15) is 16.5 Å². The van der Waals surface area contributed by atoms with E-state index in [4.69, 9.17) is 9.47 Å². The molecule has 0 fully saturated rings. The second kappa shape index (κ2) is 12.6. The maximum Gasteiger partial charge on any atom is 0.333 e. The van der Waals surface area contributed by atoms with Crippen LogP contribution in [0.4, 0.5) is 0 Å². The number of benzene rings is 2. The quantitative estimate of drug-likeness (QED) is 0.331. The van der Waals surface area contributed by atoms with Gasteiger partial charge >= 0.3 is 5.97 Å². The third-order valence-corrected chi connectivity index (χ3v) is 6.49. The van der Waals surface area contributed by atoms with E-state index in [0.717, 1.165) is 33.0 Å². The predicted octanol–water partition coefficient (Wildman–Crippen LogP) is 5.57. The van der Waals surface area contributed by atoms with Crippen molar-refractivity contribution in [2.24, 2.45) is 0 Å². The molecule has 0 aliphatic heterocycles. The van der Waals surface area contributed by atoms with Crippen molar-refractivity contribution in [3.8, 4) is 16.3 Å². The van der Waals surface area contributed by atoms with E-state index in [-0.39, 0.29) is 25.0 Å². The topological polar surface area (TPSA) is 97.8 Å². The number of nitrogens with zero attached hydrogens (tertiary/aromatic N) is 1. The molecule has 0 bridgehead atoms. The lowest BCUT2D eigenvalue weighted by Crippen LogP contribution is -2.29. The summed E-state index contributed by atoms with van der Waals surface area (Å²) in [4.78, 5) is 30.1. The van der Waals surface area contributed by atoms with E-state index in [1.807, 2.05) is 77.1 Å². The van der Waals surface area contributed by atoms with Crippen LogP contribution in [0.25, 0.3) is 10.6 Å². The Bertz CT molecular complexity index is 1190. The lowest BCUT2D eigenvalue weighted by molar-refractivity contribution is -0.153. The average molecular weight is 511 g/mol. The first-order valence-electron chi connectivity index (χ1n) is 12.1. The van der Waals surface area contributed by atoms with Gasteiger partial charge in [-0.05, 0) is 45.7 Å². The minimum atomic E-state index is -1.01. The number of aryl methyl sites for hydroxylation is 2. The van der Waals surface area contributed by atoms with E-state index in [9.17, 15) is 14.7 Å². The summed E-state index contributed by atoms with van der Waals surface area (Å²) in [5.41, 5.74) is 4.11. The zero-order valence-electron chi connectivity index (χ0n) is 21.5. The molecule has 0 saturated carbocycles. The molecule has 0 saturated heterocycles.